The Hall–Kier alpha value is -1.08. The van der Waals surface area contributed by atoms with Crippen molar-refractivity contribution in [3.05, 3.63) is 47.5 Å². The van der Waals surface area contributed by atoms with Gasteiger partial charge in [0.1, 0.15) is 0 Å². The van der Waals surface area contributed by atoms with Crippen LogP contribution in [0.3, 0.4) is 0 Å². The third kappa shape index (κ3) is 3.23. The lowest BCUT2D eigenvalue weighted by molar-refractivity contribution is 0.254. The Bertz CT molecular complexity index is 411. The summed E-state index contributed by atoms with van der Waals surface area (Å²) in [4.78, 5) is 2.47. The molecule has 0 bridgehead atoms. The minimum Gasteiger partial charge on any atom is -0.299 e. The summed E-state index contributed by atoms with van der Waals surface area (Å²) in [5.74, 6) is 0. The summed E-state index contributed by atoms with van der Waals surface area (Å²) < 4.78 is 0. The van der Waals surface area contributed by atoms with E-state index in [9.17, 15) is 0 Å². The number of likely N-dealkylation sites (N-methyl/N-ethyl adjacent to an activating group) is 1. The normalized spacial score (nSPS) is 21.8. The Morgan fingerprint density at radius 2 is 1.83 bits per heavy atom. The molecule has 0 aliphatic carbocycles. The maximum absolute atomic E-state index is 2.50. The van der Waals surface area contributed by atoms with Crippen molar-refractivity contribution in [1.29, 1.82) is 0 Å². The summed E-state index contributed by atoms with van der Waals surface area (Å²) in [7, 11) is 2.24. The lowest BCUT2D eigenvalue weighted by Crippen LogP contribution is -2.38. The molecular formula is C17H25N. The van der Waals surface area contributed by atoms with E-state index >= 15 is 0 Å². The molecule has 1 aromatic carbocycles. The molecule has 98 valence electrons. The van der Waals surface area contributed by atoms with Crippen molar-refractivity contribution < 1.29 is 0 Å². The minimum atomic E-state index is 0.316. The molecule has 18 heavy (non-hydrogen) atoms. The maximum Gasteiger partial charge on any atom is 0.0318 e. The predicted molar refractivity (Wildman–Crippen MR) is 78.7 cm³/mol. The molecule has 1 atom stereocenters. The van der Waals surface area contributed by atoms with Gasteiger partial charge in [-0.1, -0.05) is 62.8 Å². The van der Waals surface area contributed by atoms with Crippen LogP contribution >= 0.6 is 0 Å². The SMILES string of the molecule is CN1CCC(C(C)(C)C)=C[C@H]1Cc1ccccc1. The van der Waals surface area contributed by atoms with E-state index in [0.717, 1.165) is 6.42 Å². The second-order valence-electron chi connectivity index (χ2n) is 6.43. The molecule has 1 nitrogen and oxygen atoms in total. The first kappa shape index (κ1) is 13.4. The van der Waals surface area contributed by atoms with Crippen molar-refractivity contribution in [3.8, 4) is 0 Å². The van der Waals surface area contributed by atoms with Crippen molar-refractivity contribution in [3.63, 3.8) is 0 Å². The number of nitrogens with zero attached hydrogens (tertiary/aromatic N) is 1. The van der Waals surface area contributed by atoms with Gasteiger partial charge in [0.2, 0.25) is 0 Å². The molecule has 2 rings (SSSR count). The van der Waals surface area contributed by atoms with Crippen LogP contribution in [0.4, 0.5) is 0 Å². The number of benzene rings is 1. The Balaban J connectivity index is 2.15. The first-order chi connectivity index (χ1) is 8.47. The highest BCUT2D eigenvalue weighted by atomic mass is 15.1. The van der Waals surface area contributed by atoms with Gasteiger partial charge in [0, 0.05) is 12.6 Å². The molecule has 0 amide bonds. The summed E-state index contributed by atoms with van der Waals surface area (Å²) in [6.45, 7) is 8.15. The van der Waals surface area contributed by atoms with Crippen molar-refractivity contribution in [2.75, 3.05) is 13.6 Å². The Morgan fingerprint density at radius 1 is 1.17 bits per heavy atom. The summed E-state index contributed by atoms with van der Waals surface area (Å²) in [5, 5.41) is 0. The second-order valence-corrected chi connectivity index (χ2v) is 6.43. The van der Waals surface area contributed by atoms with Crippen LogP contribution in [0.25, 0.3) is 0 Å². The molecule has 0 spiro atoms. The lowest BCUT2D eigenvalue weighted by atomic mass is 9.81. The van der Waals surface area contributed by atoms with E-state index in [-0.39, 0.29) is 0 Å². The third-order valence-corrected chi connectivity index (χ3v) is 3.94. The standard InChI is InChI=1S/C17H25N/c1-17(2,3)15-10-11-18(4)16(13-15)12-14-8-6-5-7-9-14/h5-9,13,16H,10-12H2,1-4H3/t16-/m1/s1. The minimum absolute atomic E-state index is 0.316. The van der Waals surface area contributed by atoms with Crippen LogP contribution in [0.5, 0.6) is 0 Å². The van der Waals surface area contributed by atoms with E-state index in [1.165, 1.54) is 18.5 Å². The lowest BCUT2D eigenvalue weighted by Gasteiger charge is -2.36. The second kappa shape index (κ2) is 5.27. The molecule has 1 aliphatic heterocycles. The highest BCUT2D eigenvalue weighted by Crippen LogP contribution is 2.32. The van der Waals surface area contributed by atoms with Crippen molar-refractivity contribution in [2.45, 2.75) is 39.7 Å². The van der Waals surface area contributed by atoms with E-state index < -0.39 is 0 Å². The van der Waals surface area contributed by atoms with Crippen LogP contribution < -0.4 is 0 Å². The molecule has 0 N–H and O–H groups in total. The van der Waals surface area contributed by atoms with Crippen molar-refractivity contribution in [2.24, 2.45) is 5.41 Å². The van der Waals surface area contributed by atoms with Gasteiger partial charge < -0.3 is 0 Å². The summed E-state index contributed by atoms with van der Waals surface area (Å²) in [6.07, 6.45) is 4.83. The van der Waals surface area contributed by atoms with Gasteiger partial charge in [-0.25, -0.2) is 0 Å². The molecular weight excluding hydrogens is 218 g/mol. The fourth-order valence-electron chi connectivity index (χ4n) is 2.60. The predicted octanol–water partition coefficient (Wildman–Crippen LogP) is 3.91. The number of hydrogen-bond acceptors (Lipinski definition) is 1. The quantitative estimate of drug-likeness (QED) is 0.712. The molecule has 0 saturated heterocycles. The van der Waals surface area contributed by atoms with E-state index in [1.807, 2.05) is 0 Å². The van der Waals surface area contributed by atoms with Gasteiger partial charge >= 0.3 is 0 Å². The van der Waals surface area contributed by atoms with E-state index in [2.05, 4.69) is 69.1 Å². The van der Waals surface area contributed by atoms with Crippen LogP contribution in [0.2, 0.25) is 0 Å². The van der Waals surface area contributed by atoms with E-state index in [0.29, 0.717) is 11.5 Å². The average molecular weight is 243 g/mol. The third-order valence-electron chi connectivity index (χ3n) is 3.94. The Labute approximate surface area is 112 Å². The van der Waals surface area contributed by atoms with Crippen LogP contribution in [0.1, 0.15) is 32.8 Å². The number of hydrogen-bond donors (Lipinski definition) is 0. The smallest absolute Gasteiger partial charge is 0.0318 e. The zero-order valence-corrected chi connectivity index (χ0v) is 12.1. The van der Waals surface area contributed by atoms with Gasteiger partial charge in [-0.3, -0.25) is 4.90 Å². The Morgan fingerprint density at radius 3 is 2.44 bits per heavy atom. The monoisotopic (exact) mass is 243 g/mol. The van der Waals surface area contributed by atoms with Gasteiger partial charge in [-0.05, 0) is 30.9 Å². The van der Waals surface area contributed by atoms with Gasteiger partial charge in [0.15, 0.2) is 0 Å². The van der Waals surface area contributed by atoms with Crippen LogP contribution in [-0.2, 0) is 6.42 Å². The van der Waals surface area contributed by atoms with Crippen LogP contribution in [0, 0.1) is 5.41 Å². The van der Waals surface area contributed by atoms with Gasteiger partial charge in [-0.2, -0.15) is 0 Å². The highest BCUT2D eigenvalue weighted by Gasteiger charge is 2.25. The zero-order valence-electron chi connectivity index (χ0n) is 12.1. The van der Waals surface area contributed by atoms with Crippen LogP contribution in [-0.4, -0.2) is 24.5 Å². The van der Waals surface area contributed by atoms with E-state index in [4.69, 9.17) is 0 Å². The average Bonchev–Trinajstić information content (AvgIpc) is 2.32. The summed E-state index contributed by atoms with van der Waals surface area (Å²) in [6, 6.07) is 11.4. The molecule has 0 unspecified atom stereocenters. The maximum atomic E-state index is 2.50. The summed E-state index contributed by atoms with van der Waals surface area (Å²) in [5.41, 5.74) is 3.36. The molecule has 0 aromatic heterocycles. The van der Waals surface area contributed by atoms with Gasteiger partial charge in [-0.15, -0.1) is 0 Å². The fraction of sp³-hybridized carbons (Fsp3) is 0.529. The molecule has 1 aliphatic rings. The molecule has 0 saturated carbocycles. The number of rotatable bonds is 2. The molecule has 0 radical (unpaired) electrons. The van der Waals surface area contributed by atoms with Crippen molar-refractivity contribution >= 4 is 0 Å². The largest absolute Gasteiger partial charge is 0.299 e. The van der Waals surface area contributed by atoms with Crippen LogP contribution in [0.15, 0.2) is 42.0 Å². The Kier molecular flexibility index (Phi) is 3.91. The van der Waals surface area contributed by atoms with Gasteiger partial charge in [0.25, 0.3) is 0 Å². The van der Waals surface area contributed by atoms with Crippen molar-refractivity contribution in [1.82, 2.24) is 4.90 Å². The molecule has 1 heteroatoms. The fourth-order valence-corrected chi connectivity index (χ4v) is 2.60. The first-order valence-corrected chi connectivity index (χ1v) is 6.92. The molecule has 1 aromatic rings. The van der Waals surface area contributed by atoms with Gasteiger partial charge in [0.05, 0.1) is 0 Å². The first-order valence-electron chi connectivity index (χ1n) is 6.92. The molecule has 1 heterocycles. The summed E-state index contributed by atoms with van der Waals surface area (Å²) >= 11 is 0. The topological polar surface area (TPSA) is 3.24 Å². The zero-order chi connectivity index (χ0) is 13.2. The molecule has 0 fully saturated rings. The van der Waals surface area contributed by atoms with E-state index in [1.54, 1.807) is 5.57 Å². The highest BCUT2D eigenvalue weighted by molar-refractivity contribution is 5.22.